The van der Waals surface area contributed by atoms with Crippen LogP contribution in [0.4, 0.5) is 0 Å². The van der Waals surface area contributed by atoms with Crippen LogP contribution in [0.2, 0.25) is 0 Å². The molecule has 0 aliphatic carbocycles. The summed E-state index contributed by atoms with van der Waals surface area (Å²) in [5.74, 6) is 0.588. The monoisotopic (exact) mass is 426 g/mol. The second-order valence-corrected chi connectivity index (χ2v) is 8.84. The van der Waals surface area contributed by atoms with Gasteiger partial charge in [-0.05, 0) is 60.9 Å². The summed E-state index contributed by atoms with van der Waals surface area (Å²) in [4.78, 5) is 24.4. The average molecular weight is 427 g/mol. The molecule has 2 fully saturated rings. The van der Waals surface area contributed by atoms with Gasteiger partial charge in [0.05, 0.1) is 5.70 Å². The van der Waals surface area contributed by atoms with Crippen LogP contribution in [-0.4, -0.2) is 57.8 Å². The van der Waals surface area contributed by atoms with E-state index in [4.69, 9.17) is 4.42 Å². The normalized spacial score (nSPS) is 27.7. The number of hydrogen-bond acceptors (Lipinski definition) is 5. The van der Waals surface area contributed by atoms with Crippen LogP contribution in [0.15, 0.2) is 76.7 Å². The molecule has 1 aromatic heterocycles. The van der Waals surface area contributed by atoms with Crippen molar-refractivity contribution >= 4 is 22.6 Å². The molecule has 5 heterocycles. The Balaban J connectivity index is 1.29. The van der Waals surface area contributed by atoms with Crippen LogP contribution in [0.5, 0.6) is 0 Å². The summed E-state index contributed by atoms with van der Waals surface area (Å²) in [6.45, 7) is 6.21. The lowest BCUT2D eigenvalue weighted by Gasteiger charge is -2.40. The smallest absolute Gasteiger partial charge is 0.255 e. The van der Waals surface area contributed by atoms with Gasteiger partial charge in [-0.3, -0.25) is 14.6 Å². The van der Waals surface area contributed by atoms with Gasteiger partial charge >= 0.3 is 0 Å². The summed E-state index contributed by atoms with van der Waals surface area (Å²) in [5.41, 5.74) is 5.33. The van der Waals surface area contributed by atoms with E-state index in [-0.39, 0.29) is 5.91 Å². The number of carbonyl (C=O) groups is 1. The molecule has 0 spiro atoms. The Kier molecular flexibility index (Phi) is 4.61. The third kappa shape index (κ3) is 3.41. The number of benzene rings is 1. The minimum Gasteiger partial charge on any atom is -0.441 e. The van der Waals surface area contributed by atoms with Crippen molar-refractivity contribution in [2.75, 3.05) is 26.2 Å². The van der Waals surface area contributed by atoms with Crippen LogP contribution in [0.1, 0.15) is 24.3 Å². The Morgan fingerprint density at radius 3 is 2.94 bits per heavy atom. The number of amides is 1. The van der Waals surface area contributed by atoms with Gasteiger partial charge in [0, 0.05) is 50.6 Å². The van der Waals surface area contributed by atoms with Crippen molar-refractivity contribution < 1.29 is 9.21 Å². The second kappa shape index (κ2) is 7.64. The molecule has 1 atom stereocenters. The van der Waals surface area contributed by atoms with Gasteiger partial charge < -0.3 is 9.32 Å². The summed E-state index contributed by atoms with van der Waals surface area (Å²) >= 11 is 0. The van der Waals surface area contributed by atoms with Gasteiger partial charge in [-0.1, -0.05) is 18.2 Å². The Morgan fingerprint density at radius 1 is 1.09 bits per heavy atom. The van der Waals surface area contributed by atoms with Crippen LogP contribution in [0, 0.1) is 6.92 Å². The number of hydrogen-bond donors (Lipinski definition) is 0. The molecule has 2 saturated heterocycles. The fourth-order valence-corrected chi connectivity index (χ4v) is 5.14. The minimum atomic E-state index is -0.0502. The van der Waals surface area contributed by atoms with Crippen molar-refractivity contribution in [3.8, 4) is 0 Å². The molecule has 6 nitrogen and oxygen atoms in total. The molecule has 0 radical (unpaired) electrons. The van der Waals surface area contributed by atoms with Gasteiger partial charge in [0.1, 0.15) is 5.52 Å². The Bertz CT molecular complexity index is 1250. The molecule has 0 saturated carbocycles. The number of aryl methyl sites for hydroxylation is 1. The van der Waals surface area contributed by atoms with Crippen molar-refractivity contribution in [1.82, 2.24) is 19.7 Å². The maximum absolute atomic E-state index is 13.3. The third-order valence-corrected chi connectivity index (χ3v) is 6.80. The first-order valence-electron chi connectivity index (χ1n) is 11.3. The van der Waals surface area contributed by atoms with Crippen molar-refractivity contribution in [1.29, 1.82) is 0 Å². The third-order valence-electron chi connectivity index (χ3n) is 6.80. The van der Waals surface area contributed by atoms with Crippen molar-refractivity contribution in [3.05, 3.63) is 83.7 Å². The molecule has 2 aromatic rings. The minimum absolute atomic E-state index is 0.0502. The molecule has 6 rings (SSSR count). The van der Waals surface area contributed by atoms with E-state index in [1.165, 1.54) is 19.4 Å². The van der Waals surface area contributed by atoms with E-state index in [1.807, 2.05) is 55.6 Å². The first kappa shape index (κ1) is 19.3. The van der Waals surface area contributed by atoms with E-state index in [0.29, 0.717) is 11.9 Å². The fourth-order valence-electron chi connectivity index (χ4n) is 5.14. The number of nitrogens with zero attached hydrogens (tertiary/aromatic N) is 4. The zero-order chi connectivity index (χ0) is 21.7. The lowest BCUT2D eigenvalue weighted by molar-refractivity contribution is -0.122. The predicted octanol–water partition coefficient (Wildman–Crippen LogP) is 3.99. The molecular weight excluding hydrogens is 400 g/mol. The second-order valence-electron chi connectivity index (χ2n) is 8.84. The largest absolute Gasteiger partial charge is 0.441 e. The summed E-state index contributed by atoms with van der Waals surface area (Å²) in [6.07, 6.45) is 16.4. The molecule has 1 aromatic carbocycles. The number of fused-ring (bicyclic) bond motifs is 3. The number of carbonyl (C=O) groups excluding carboxylic acids is 1. The van der Waals surface area contributed by atoms with E-state index in [1.54, 1.807) is 11.0 Å². The molecule has 0 N–H and O–H groups in total. The maximum atomic E-state index is 13.3. The van der Waals surface area contributed by atoms with Gasteiger partial charge in [0.25, 0.3) is 5.91 Å². The molecular formula is C26H26N4O2. The molecule has 0 unspecified atom stereocenters. The Morgan fingerprint density at radius 2 is 2.00 bits per heavy atom. The highest BCUT2D eigenvalue weighted by Gasteiger charge is 2.32. The highest BCUT2D eigenvalue weighted by atomic mass is 16.3. The standard InChI is InChI=1S/C26H26N4O2/c1-18-27-24-10-7-20(14-25(24)32-18)19-4-2-5-21-8-9-23(17-30(21)26(31)15-19)29-13-12-28-11-3-6-22(28)16-29/h2,4-5,7-10,14-15,17,22H,3,6,11-13,16H2,1H3/b4-2+,19-15+,21-5+/t22-/m1/s1. The molecule has 4 aliphatic heterocycles. The fraction of sp³-hybridized carbons (Fsp3) is 0.308. The van der Waals surface area contributed by atoms with Crippen LogP contribution < -0.4 is 0 Å². The molecule has 0 bridgehead atoms. The van der Waals surface area contributed by atoms with Gasteiger partial charge in [0.15, 0.2) is 11.5 Å². The topological polar surface area (TPSA) is 52.8 Å². The van der Waals surface area contributed by atoms with Crippen LogP contribution in [0.25, 0.3) is 16.7 Å². The quantitative estimate of drug-likeness (QED) is 0.727. The molecule has 1 amide bonds. The van der Waals surface area contributed by atoms with Gasteiger partial charge in [-0.2, -0.15) is 0 Å². The van der Waals surface area contributed by atoms with Crippen molar-refractivity contribution in [3.63, 3.8) is 0 Å². The van der Waals surface area contributed by atoms with Crippen molar-refractivity contribution in [2.45, 2.75) is 25.8 Å². The van der Waals surface area contributed by atoms with E-state index >= 15 is 0 Å². The summed E-state index contributed by atoms with van der Waals surface area (Å²) in [5, 5.41) is 0. The van der Waals surface area contributed by atoms with E-state index in [2.05, 4.69) is 20.9 Å². The average Bonchev–Trinajstić information content (AvgIpc) is 3.41. The predicted molar refractivity (Wildman–Crippen MR) is 124 cm³/mol. The molecule has 4 aliphatic rings. The number of aromatic nitrogens is 1. The number of allylic oxidation sites excluding steroid dienone is 6. The highest BCUT2D eigenvalue weighted by Crippen LogP contribution is 2.29. The maximum Gasteiger partial charge on any atom is 0.255 e. The lowest BCUT2D eigenvalue weighted by Crippen LogP contribution is -2.49. The van der Waals surface area contributed by atoms with Gasteiger partial charge in [0.2, 0.25) is 0 Å². The Hall–Kier alpha value is -3.38. The number of rotatable bonds is 2. The van der Waals surface area contributed by atoms with Gasteiger partial charge in [-0.15, -0.1) is 0 Å². The number of piperazine rings is 1. The van der Waals surface area contributed by atoms with Gasteiger partial charge in [-0.25, -0.2) is 4.98 Å². The van der Waals surface area contributed by atoms with E-state index in [9.17, 15) is 4.79 Å². The summed E-state index contributed by atoms with van der Waals surface area (Å²) in [6, 6.07) is 6.51. The van der Waals surface area contributed by atoms with Crippen molar-refractivity contribution in [2.24, 2.45) is 0 Å². The SMILES string of the molecule is Cc1nc2ccc(C3=C\C(=O)N4C=C(N5CCN6CCC[C@@H]6C5)C=C\C4=C/C=C/3)cc2o1. The van der Waals surface area contributed by atoms with Crippen LogP contribution >= 0.6 is 0 Å². The summed E-state index contributed by atoms with van der Waals surface area (Å²) in [7, 11) is 0. The van der Waals surface area contributed by atoms with E-state index in [0.717, 1.165) is 53.3 Å². The molecule has 6 heteroatoms. The zero-order valence-electron chi connectivity index (χ0n) is 18.2. The Labute approximate surface area is 187 Å². The molecule has 162 valence electrons. The first-order chi connectivity index (χ1) is 15.6. The number of oxazole rings is 1. The van der Waals surface area contributed by atoms with Crippen LogP contribution in [0.3, 0.4) is 0 Å². The lowest BCUT2D eigenvalue weighted by atomic mass is 10.0. The summed E-state index contributed by atoms with van der Waals surface area (Å²) < 4.78 is 5.68. The highest BCUT2D eigenvalue weighted by molar-refractivity contribution is 6.00. The van der Waals surface area contributed by atoms with E-state index < -0.39 is 0 Å². The van der Waals surface area contributed by atoms with Crippen LogP contribution in [-0.2, 0) is 4.79 Å². The molecule has 32 heavy (non-hydrogen) atoms. The zero-order valence-corrected chi connectivity index (χ0v) is 18.2. The first-order valence-corrected chi connectivity index (χ1v) is 11.3.